The Hall–Kier alpha value is -4.26. The van der Waals surface area contributed by atoms with E-state index in [1.165, 1.54) is 4.90 Å². The van der Waals surface area contributed by atoms with Crippen molar-refractivity contribution in [3.8, 4) is 0 Å². The minimum Gasteiger partial charge on any atom is -0.344 e. The maximum absolute atomic E-state index is 13.2. The Balaban J connectivity index is 1.55. The van der Waals surface area contributed by atoms with Crippen LogP contribution in [0.2, 0.25) is 0 Å². The van der Waals surface area contributed by atoms with Crippen molar-refractivity contribution >= 4 is 29.1 Å². The minimum atomic E-state index is -1.13. The van der Waals surface area contributed by atoms with E-state index in [9.17, 15) is 14.4 Å². The van der Waals surface area contributed by atoms with Crippen molar-refractivity contribution in [2.75, 3.05) is 11.9 Å². The first kappa shape index (κ1) is 22.9. The Bertz CT molecular complexity index is 1220. The van der Waals surface area contributed by atoms with E-state index in [1.807, 2.05) is 84.9 Å². The lowest BCUT2D eigenvalue weighted by atomic mass is 10.0. The van der Waals surface area contributed by atoms with E-state index in [-0.39, 0.29) is 18.2 Å². The maximum Gasteiger partial charge on any atom is 0.272 e. The molecule has 2 N–H and O–H groups in total. The van der Waals surface area contributed by atoms with Gasteiger partial charge < -0.3 is 15.5 Å². The molecular formula is C27H26N4O3. The van der Waals surface area contributed by atoms with Crippen LogP contribution in [0.4, 0.5) is 5.69 Å². The molecule has 0 bridgehead atoms. The summed E-state index contributed by atoms with van der Waals surface area (Å²) in [6.07, 6.45) is -0.969. The molecular weight excluding hydrogens is 428 g/mol. The molecule has 1 aliphatic heterocycles. The first-order valence-electron chi connectivity index (χ1n) is 11.1. The highest BCUT2D eigenvalue weighted by Gasteiger charge is 2.32. The molecule has 0 saturated carbocycles. The molecule has 3 aromatic rings. The van der Waals surface area contributed by atoms with Crippen molar-refractivity contribution < 1.29 is 14.4 Å². The van der Waals surface area contributed by atoms with Crippen LogP contribution in [0.3, 0.4) is 0 Å². The fourth-order valence-corrected chi connectivity index (χ4v) is 3.84. The highest BCUT2D eigenvalue weighted by Crippen LogP contribution is 2.27. The average Bonchev–Trinajstić information content (AvgIpc) is 2.96. The van der Waals surface area contributed by atoms with Gasteiger partial charge >= 0.3 is 0 Å². The fourth-order valence-electron chi connectivity index (χ4n) is 3.84. The van der Waals surface area contributed by atoms with Crippen molar-refractivity contribution in [1.82, 2.24) is 10.6 Å². The highest BCUT2D eigenvalue weighted by molar-refractivity contribution is 6.20. The van der Waals surface area contributed by atoms with Crippen LogP contribution < -0.4 is 15.5 Å². The lowest BCUT2D eigenvalue weighted by Gasteiger charge is -2.22. The van der Waals surface area contributed by atoms with E-state index in [1.54, 1.807) is 14.0 Å². The number of nitrogens with zero attached hydrogens (tertiary/aromatic N) is 2. The molecule has 34 heavy (non-hydrogen) atoms. The number of para-hydroxylation sites is 1. The summed E-state index contributed by atoms with van der Waals surface area (Å²) in [5.74, 6) is -1.14. The molecule has 3 aromatic carbocycles. The maximum atomic E-state index is 13.2. The molecule has 0 aliphatic carbocycles. The summed E-state index contributed by atoms with van der Waals surface area (Å²) < 4.78 is 0. The lowest BCUT2D eigenvalue weighted by Crippen LogP contribution is -2.52. The Labute approximate surface area is 198 Å². The monoisotopic (exact) mass is 454 g/mol. The Kier molecular flexibility index (Phi) is 6.82. The number of amides is 3. The van der Waals surface area contributed by atoms with Crippen LogP contribution in [-0.2, 0) is 20.8 Å². The van der Waals surface area contributed by atoms with Crippen molar-refractivity contribution in [3.63, 3.8) is 0 Å². The summed E-state index contributed by atoms with van der Waals surface area (Å²) in [5.41, 5.74) is 3.80. The van der Waals surface area contributed by atoms with Gasteiger partial charge in [0.15, 0.2) is 0 Å². The second-order valence-corrected chi connectivity index (χ2v) is 8.12. The molecule has 3 amide bonds. The van der Waals surface area contributed by atoms with Crippen LogP contribution >= 0.6 is 0 Å². The SMILES string of the molecule is CC(NC(=O)Cc1ccccc1)C(=O)N[C@H]1N=C(c2ccccc2)c2ccccc2N(C)C1=O. The third-order valence-electron chi connectivity index (χ3n) is 5.65. The number of aliphatic imine (C=N–C) groups is 1. The summed E-state index contributed by atoms with van der Waals surface area (Å²) in [6, 6.07) is 25.5. The largest absolute Gasteiger partial charge is 0.344 e. The molecule has 0 saturated heterocycles. The molecule has 0 fully saturated rings. The van der Waals surface area contributed by atoms with Gasteiger partial charge in [-0.2, -0.15) is 0 Å². The zero-order valence-corrected chi connectivity index (χ0v) is 19.1. The minimum absolute atomic E-state index is 0.162. The van der Waals surface area contributed by atoms with Crippen molar-refractivity contribution in [2.45, 2.75) is 25.6 Å². The Morgan fingerprint density at radius 1 is 0.941 bits per heavy atom. The summed E-state index contributed by atoms with van der Waals surface area (Å²) in [5, 5.41) is 5.41. The molecule has 172 valence electrons. The van der Waals surface area contributed by atoms with Crippen LogP contribution in [0.5, 0.6) is 0 Å². The summed E-state index contributed by atoms with van der Waals surface area (Å²) >= 11 is 0. The first-order valence-corrected chi connectivity index (χ1v) is 11.1. The predicted molar refractivity (Wildman–Crippen MR) is 132 cm³/mol. The number of benzene rings is 3. The van der Waals surface area contributed by atoms with Crippen molar-refractivity contribution in [1.29, 1.82) is 0 Å². The van der Waals surface area contributed by atoms with E-state index in [2.05, 4.69) is 15.6 Å². The Morgan fingerprint density at radius 3 is 2.26 bits per heavy atom. The number of benzodiazepines with no additional fused rings is 1. The molecule has 0 spiro atoms. The molecule has 0 radical (unpaired) electrons. The smallest absolute Gasteiger partial charge is 0.272 e. The van der Waals surface area contributed by atoms with Crippen LogP contribution in [0.15, 0.2) is 89.9 Å². The second kappa shape index (κ2) is 10.1. The number of carbonyl (C=O) groups is 3. The van der Waals surface area contributed by atoms with E-state index in [4.69, 9.17) is 0 Å². The van der Waals surface area contributed by atoms with E-state index < -0.39 is 18.1 Å². The van der Waals surface area contributed by atoms with Crippen LogP contribution in [0, 0.1) is 0 Å². The van der Waals surface area contributed by atoms with E-state index in [0.29, 0.717) is 11.4 Å². The molecule has 1 aliphatic rings. The zero-order valence-electron chi connectivity index (χ0n) is 19.1. The first-order chi connectivity index (χ1) is 16.4. The molecule has 4 rings (SSSR count). The fraction of sp³-hybridized carbons (Fsp3) is 0.185. The van der Waals surface area contributed by atoms with Gasteiger partial charge in [-0.1, -0.05) is 78.9 Å². The van der Waals surface area contributed by atoms with Gasteiger partial charge in [-0.3, -0.25) is 14.4 Å². The van der Waals surface area contributed by atoms with Crippen LogP contribution in [0.1, 0.15) is 23.6 Å². The second-order valence-electron chi connectivity index (χ2n) is 8.12. The number of carbonyl (C=O) groups excluding carboxylic acids is 3. The summed E-state index contributed by atoms with van der Waals surface area (Å²) in [4.78, 5) is 44.7. The topological polar surface area (TPSA) is 90.9 Å². The highest BCUT2D eigenvalue weighted by atomic mass is 16.2. The Morgan fingerprint density at radius 2 is 1.56 bits per heavy atom. The van der Waals surface area contributed by atoms with Crippen LogP contribution in [0.25, 0.3) is 0 Å². The van der Waals surface area contributed by atoms with Gasteiger partial charge in [0.25, 0.3) is 5.91 Å². The van der Waals surface area contributed by atoms with Crippen LogP contribution in [-0.4, -0.2) is 42.7 Å². The summed E-state index contributed by atoms with van der Waals surface area (Å²) in [6.45, 7) is 1.58. The molecule has 1 heterocycles. The third kappa shape index (κ3) is 5.04. The number of likely N-dealkylation sites (N-methyl/N-ethyl adjacent to an activating group) is 1. The standard InChI is InChI=1S/C27H26N4O3/c1-18(28-23(32)17-19-11-5-3-6-12-19)26(33)30-25-27(34)31(2)22-16-10-9-15-21(22)24(29-25)20-13-7-4-8-14-20/h3-16,18,25H,17H2,1-2H3,(H,28,32)(H,30,33)/t18?,25-/m1/s1. The number of anilines is 1. The van der Waals surface area contributed by atoms with E-state index in [0.717, 1.165) is 16.7 Å². The number of fused-ring (bicyclic) bond motifs is 1. The van der Waals surface area contributed by atoms with Crippen molar-refractivity contribution in [3.05, 3.63) is 102 Å². The third-order valence-corrected chi connectivity index (χ3v) is 5.65. The average molecular weight is 455 g/mol. The van der Waals surface area contributed by atoms with Gasteiger partial charge in [-0.15, -0.1) is 0 Å². The molecule has 7 nitrogen and oxygen atoms in total. The van der Waals surface area contributed by atoms with Gasteiger partial charge in [-0.05, 0) is 18.6 Å². The summed E-state index contributed by atoms with van der Waals surface area (Å²) in [7, 11) is 1.66. The normalized spacial score (nSPS) is 16.1. The van der Waals surface area contributed by atoms with Gasteiger partial charge in [-0.25, -0.2) is 4.99 Å². The van der Waals surface area contributed by atoms with Gasteiger partial charge in [0.05, 0.1) is 17.8 Å². The van der Waals surface area contributed by atoms with E-state index >= 15 is 0 Å². The van der Waals surface area contributed by atoms with Gasteiger partial charge in [0.1, 0.15) is 6.04 Å². The predicted octanol–water partition coefficient (Wildman–Crippen LogP) is 2.69. The molecule has 0 aromatic heterocycles. The molecule has 7 heteroatoms. The van der Waals surface area contributed by atoms with Gasteiger partial charge in [0.2, 0.25) is 18.0 Å². The number of hydrogen-bond acceptors (Lipinski definition) is 4. The van der Waals surface area contributed by atoms with Crippen molar-refractivity contribution in [2.24, 2.45) is 4.99 Å². The quantitative estimate of drug-likeness (QED) is 0.600. The number of hydrogen-bond donors (Lipinski definition) is 2. The number of rotatable bonds is 6. The number of nitrogens with one attached hydrogen (secondary N) is 2. The van der Waals surface area contributed by atoms with Gasteiger partial charge in [0, 0.05) is 18.2 Å². The zero-order chi connectivity index (χ0) is 24.1. The molecule has 2 atom stereocenters. The molecule has 1 unspecified atom stereocenters. The lowest BCUT2D eigenvalue weighted by molar-refractivity contribution is -0.130.